The highest BCUT2D eigenvalue weighted by atomic mass is 16.6. The highest BCUT2D eigenvalue weighted by Gasteiger charge is 2.37. The zero-order valence-electron chi connectivity index (χ0n) is 14.8. The van der Waals surface area contributed by atoms with Crippen LogP contribution >= 0.6 is 0 Å². The zero-order chi connectivity index (χ0) is 16.4. The molecule has 0 aromatic rings. The lowest BCUT2D eigenvalue weighted by Crippen LogP contribution is -2.45. The van der Waals surface area contributed by atoms with Gasteiger partial charge in [0.15, 0.2) is 0 Å². The molecule has 0 spiro atoms. The number of hydrogen-bond donors (Lipinski definition) is 0. The monoisotopic (exact) mass is 309 g/mol. The van der Waals surface area contributed by atoms with E-state index in [4.69, 9.17) is 9.47 Å². The molecular formula is C18H31NO3. The van der Waals surface area contributed by atoms with Crippen molar-refractivity contribution in [3.63, 3.8) is 0 Å². The van der Waals surface area contributed by atoms with Crippen molar-refractivity contribution < 1.29 is 14.3 Å². The van der Waals surface area contributed by atoms with E-state index in [1.807, 2.05) is 20.8 Å². The van der Waals surface area contributed by atoms with Crippen LogP contribution in [0.5, 0.6) is 0 Å². The first-order valence-corrected chi connectivity index (χ1v) is 8.43. The molecule has 0 aromatic heterocycles. The smallest absolute Gasteiger partial charge is 0.323 e. The van der Waals surface area contributed by atoms with E-state index in [0.29, 0.717) is 6.61 Å². The second-order valence-electron chi connectivity index (χ2n) is 8.10. The van der Waals surface area contributed by atoms with Crippen LogP contribution in [0.1, 0.15) is 53.9 Å². The van der Waals surface area contributed by atoms with Crippen LogP contribution < -0.4 is 0 Å². The van der Waals surface area contributed by atoms with Gasteiger partial charge in [0.1, 0.15) is 11.6 Å². The molecule has 22 heavy (non-hydrogen) atoms. The Labute approximate surface area is 134 Å². The molecule has 0 radical (unpaired) electrons. The van der Waals surface area contributed by atoms with E-state index >= 15 is 0 Å². The van der Waals surface area contributed by atoms with E-state index in [1.54, 1.807) is 0 Å². The Morgan fingerprint density at radius 3 is 2.68 bits per heavy atom. The minimum Gasteiger partial charge on any atom is -0.459 e. The van der Waals surface area contributed by atoms with Gasteiger partial charge < -0.3 is 9.47 Å². The highest BCUT2D eigenvalue weighted by Crippen LogP contribution is 2.34. The van der Waals surface area contributed by atoms with E-state index in [-0.39, 0.29) is 17.4 Å². The molecular weight excluding hydrogens is 278 g/mol. The fraction of sp³-hybridized carbons (Fsp3) is 0.833. The van der Waals surface area contributed by atoms with Crippen LogP contribution in [0, 0.1) is 5.41 Å². The van der Waals surface area contributed by atoms with Crippen molar-refractivity contribution in [1.29, 1.82) is 0 Å². The lowest BCUT2D eigenvalue weighted by atomic mass is 9.81. The molecule has 0 aliphatic carbocycles. The van der Waals surface area contributed by atoms with Crippen LogP contribution in [0.4, 0.5) is 0 Å². The van der Waals surface area contributed by atoms with Crippen LogP contribution in [0.3, 0.4) is 0 Å². The van der Waals surface area contributed by atoms with E-state index in [0.717, 1.165) is 39.0 Å². The van der Waals surface area contributed by atoms with E-state index < -0.39 is 5.60 Å². The summed E-state index contributed by atoms with van der Waals surface area (Å²) in [5, 5.41) is 0. The Bertz CT molecular complexity index is 434. The first-order valence-electron chi connectivity index (χ1n) is 8.43. The molecule has 0 amide bonds. The van der Waals surface area contributed by atoms with E-state index in [1.165, 1.54) is 5.57 Å². The summed E-state index contributed by atoms with van der Waals surface area (Å²) in [4.78, 5) is 14.7. The Balaban J connectivity index is 2.01. The SMILES string of the molecule is CC(C)(C)OC(=O)C1CCCN1CC(C)(C)C1=CCOCC1. The summed E-state index contributed by atoms with van der Waals surface area (Å²) in [5.41, 5.74) is 1.12. The Hall–Kier alpha value is -0.870. The maximum absolute atomic E-state index is 12.4. The highest BCUT2D eigenvalue weighted by molar-refractivity contribution is 5.76. The third-order valence-electron chi connectivity index (χ3n) is 4.47. The minimum absolute atomic E-state index is 0.0678. The van der Waals surface area contributed by atoms with Crippen molar-refractivity contribution in [2.75, 3.05) is 26.3 Å². The Morgan fingerprint density at radius 2 is 2.09 bits per heavy atom. The number of carbonyl (C=O) groups excluding carboxylic acids is 1. The largest absolute Gasteiger partial charge is 0.459 e. The molecule has 0 bridgehead atoms. The molecule has 1 unspecified atom stereocenters. The second kappa shape index (κ2) is 6.71. The van der Waals surface area contributed by atoms with Crippen LogP contribution in [0.15, 0.2) is 11.6 Å². The molecule has 4 nitrogen and oxygen atoms in total. The van der Waals surface area contributed by atoms with Crippen molar-refractivity contribution in [3.8, 4) is 0 Å². The van der Waals surface area contributed by atoms with Gasteiger partial charge in [0.2, 0.25) is 0 Å². The van der Waals surface area contributed by atoms with E-state index in [9.17, 15) is 4.79 Å². The first-order chi connectivity index (χ1) is 10.2. The number of esters is 1. The van der Waals surface area contributed by atoms with Gasteiger partial charge in [-0.2, -0.15) is 0 Å². The summed E-state index contributed by atoms with van der Waals surface area (Å²) in [6, 6.07) is -0.0843. The van der Waals surface area contributed by atoms with Crippen LogP contribution in [0.25, 0.3) is 0 Å². The number of ether oxygens (including phenoxy) is 2. The molecule has 0 aromatic carbocycles. The molecule has 2 rings (SSSR count). The van der Waals surface area contributed by atoms with Gasteiger partial charge >= 0.3 is 5.97 Å². The van der Waals surface area contributed by atoms with Crippen molar-refractivity contribution in [3.05, 3.63) is 11.6 Å². The maximum atomic E-state index is 12.4. The number of carbonyl (C=O) groups is 1. The minimum atomic E-state index is -0.413. The molecule has 2 aliphatic rings. The number of likely N-dealkylation sites (tertiary alicyclic amines) is 1. The van der Waals surface area contributed by atoms with Crippen LogP contribution in [-0.4, -0.2) is 48.8 Å². The predicted octanol–water partition coefficient (Wildman–Crippen LogP) is 3.17. The van der Waals surface area contributed by atoms with Gasteiger partial charge in [-0.1, -0.05) is 25.5 Å². The lowest BCUT2D eigenvalue weighted by molar-refractivity contribution is -0.160. The van der Waals surface area contributed by atoms with Crippen molar-refractivity contribution in [2.24, 2.45) is 5.41 Å². The molecule has 0 N–H and O–H groups in total. The van der Waals surface area contributed by atoms with Crippen LogP contribution in [-0.2, 0) is 14.3 Å². The number of hydrogen-bond acceptors (Lipinski definition) is 4. The second-order valence-corrected chi connectivity index (χ2v) is 8.10. The Kier molecular flexibility index (Phi) is 5.33. The molecule has 1 saturated heterocycles. The summed E-state index contributed by atoms with van der Waals surface area (Å²) in [5.74, 6) is -0.0678. The van der Waals surface area contributed by atoms with Crippen molar-refractivity contribution >= 4 is 5.97 Å². The summed E-state index contributed by atoms with van der Waals surface area (Å²) in [6.07, 6.45) is 5.19. The quantitative estimate of drug-likeness (QED) is 0.590. The van der Waals surface area contributed by atoms with Crippen LogP contribution in [0.2, 0.25) is 0 Å². The van der Waals surface area contributed by atoms with Gasteiger partial charge in [-0.05, 0) is 52.0 Å². The number of nitrogens with zero attached hydrogens (tertiary/aromatic N) is 1. The molecule has 126 valence electrons. The normalized spacial score (nSPS) is 24.2. The first kappa shape index (κ1) is 17.5. The molecule has 0 saturated carbocycles. The van der Waals surface area contributed by atoms with Crippen molar-refractivity contribution in [1.82, 2.24) is 4.90 Å². The fourth-order valence-electron chi connectivity index (χ4n) is 3.40. The molecule has 2 heterocycles. The summed E-state index contributed by atoms with van der Waals surface area (Å²) < 4.78 is 11.0. The molecule has 1 atom stereocenters. The van der Waals surface area contributed by atoms with Crippen molar-refractivity contribution in [2.45, 2.75) is 65.5 Å². The topological polar surface area (TPSA) is 38.8 Å². The molecule has 4 heteroatoms. The standard InChI is InChI=1S/C18H31NO3/c1-17(2,3)22-16(20)15-7-6-10-19(15)13-18(4,5)14-8-11-21-12-9-14/h8,15H,6-7,9-13H2,1-5H3. The third-order valence-corrected chi connectivity index (χ3v) is 4.47. The van der Waals surface area contributed by atoms with Gasteiger partial charge in [0.25, 0.3) is 0 Å². The van der Waals surface area contributed by atoms with Gasteiger partial charge in [0.05, 0.1) is 13.2 Å². The van der Waals surface area contributed by atoms with E-state index in [2.05, 4.69) is 24.8 Å². The molecule has 2 aliphatic heterocycles. The fourth-order valence-corrected chi connectivity index (χ4v) is 3.40. The summed E-state index contributed by atoms with van der Waals surface area (Å²) >= 11 is 0. The maximum Gasteiger partial charge on any atom is 0.323 e. The van der Waals surface area contributed by atoms with Gasteiger partial charge in [-0.25, -0.2) is 0 Å². The summed E-state index contributed by atoms with van der Waals surface area (Å²) in [6.45, 7) is 13.8. The van der Waals surface area contributed by atoms with Gasteiger partial charge in [-0.15, -0.1) is 0 Å². The third kappa shape index (κ3) is 4.56. The van der Waals surface area contributed by atoms with Gasteiger partial charge in [0, 0.05) is 6.54 Å². The average molecular weight is 309 g/mol. The average Bonchev–Trinajstić information content (AvgIpc) is 2.85. The summed E-state index contributed by atoms with van der Waals surface area (Å²) in [7, 11) is 0. The lowest BCUT2D eigenvalue weighted by Gasteiger charge is -2.36. The Morgan fingerprint density at radius 1 is 1.36 bits per heavy atom. The molecule has 1 fully saturated rings. The number of rotatable bonds is 4. The van der Waals surface area contributed by atoms with Gasteiger partial charge in [-0.3, -0.25) is 9.69 Å². The predicted molar refractivity (Wildman–Crippen MR) is 87.7 cm³/mol. The zero-order valence-corrected chi connectivity index (χ0v) is 14.8.